The largest absolute Gasteiger partial charge is 0.309 e. The lowest BCUT2D eigenvalue weighted by atomic mass is 9.81. The van der Waals surface area contributed by atoms with Crippen molar-refractivity contribution in [2.24, 2.45) is 17.3 Å². The van der Waals surface area contributed by atoms with Gasteiger partial charge in [-0.05, 0) is 48.6 Å². The molecule has 2 aliphatic carbocycles. The molecule has 0 spiro atoms. The van der Waals surface area contributed by atoms with E-state index < -0.39 is 0 Å². The van der Waals surface area contributed by atoms with Crippen LogP contribution in [0.4, 0.5) is 0 Å². The maximum absolute atomic E-state index is 3.92. The molecule has 0 amide bonds. The molecule has 1 nitrogen and oxygen atoms in total. The topological polar surface area (TPSA) is 12.0 Å². The highest BCUT2D eigenvalue weighted by Gasteiger charge is 2.45. The highest BCUT2D eigenvalue weighted by molar-refractivity contribution is 5.20. The first-order valence-electron chi connectivity index (χ1n) is 8.45. The van der Waals surface area contributed by atoms with Gasteiger partial charge in [-0.2, -0.15) is 0 Å². The molecule has 0 radical (unpaired) electrons. The minimum Gasteiger partial charge on any atom is -0.309 e. The van der Waals surface area contributed by atoms with E-state index >= 15 is 0 Å². The standard InChI is InChI=1S/C19H29N/c1-19(2)13-17(19)14-20-18(15-9-5-3-6-10-15)16-11-7-4-8-12-16/h3,5-6,9-10,16-18,20H,4,7-8,11-14H2,1-2H3. The Morgan fingerprint density at radius 3 is 2.35 bits per heavy atom. The normalized spacial score (nSPS) is 27.2. The third-order valence-corrected chi connectivity index (χ3v) is 5.58. The molecule has 0 heterocycles. The Kier molecular flexibility index (Phi) is 4.16. The first-order valence-corrected chi connectivity index (χ1v) is 8.45. The Labute approximate surface area is 124 Å². The molecule has 2 aliphatic rings. The fourth-order valence-corrected chi connectivity index (χ4v) is 3.88. The smallest absolute Gasteiger partial charge is 0.0348 e. The van der Waals surface area contributed by atoms with Crippen LogP contribution in [-0.4, -0.2) is 6.54 Å². The van der Waals surface area contributed by atoms with E-state index in [1.807, 2.05) is 0 Å². The fourth-order valence-electron chi connectivity index (χ4n) is 3.88. The summed E-state index contributed by atoms with van der Waals surface area (Å²) >= 11 is 0. The van der Waals surface area contributed by atoms with Crippen molar-refractivity contribution < 1.29 is 0 Å². The maximum Gasteiger partial charge on any atom is 0.0348 e. The molecule has 2 fully saturated rings. The van der Waals surface area contributed by atoms with Crippen LogP contribution in [0.3, 0.4) is 0 Å². The van der Waals surface area contributed by atoms with E-state index in [1.165, 1.54) is 50.6 Å². The van der Waals surface area contributed by atoms with Crippen LogP contribution in [0.5, 0.6) is 0 Å². The molecular weight excluding hydrogens is 242 g/mol. The summed E-state index contributed by atoms with van der Waals surface area (Å²) in [6, 6.07) is 11.7. The zero-order valence-corrected chi connectivity index (χ0v) is 13.1. The molecule has 2 saturated carbocycles. The van der Waals surface area contributed by atoms with Gasteiger partial charge in [-0.25, -0.2) is 0 Å². The maximum atomic E-state index is 3.92. The van der Waals surface area contributed by atoms with Gasteiger partial charge in [0.05, 0.1) is 0 Å². The van der Waals surface area contributed by atoms with Crippen LogP contribution < -0.4 is 5.32 Å². The summed E-state index contributed by atoms with van der Waals surface area (Å²) in [7, 11) is 0. The SMILES string of the molecule is CC1(C)CC1CNC(c1ccccc1)C1CCCCC1. The van der Waals surface area contributed by atoms with E-state index in [2.05, 4.69) is 49.5 Å². The van der Waals surface area contributed by atoms with Gasteiger partial charge in [0.1, 0.15) is 0 Å². The molecule has 110 valence electrons. The molecule has 3 rings (SSSR count). The van der Waals surface area contributed by atoms with E-state index in [0.717, 1.165) is 11.8 Å². The number of benzene rings is 1. The second kappa shape index (κ2) is 5.89. The zero-order valence-electron chi connectivity index (χ0n) is 13.1. The molecule has 20 heavy (non-hydrogen) atoms. The Morgan fingerprint density at radius 2 is 1.75 bits per heavy atom. The minimum absolute atomic E-state index is 0.577. The fraction of sp³-hybridized carbons (Fsp3) is 0.684. The van der Waals surface area contributed by atoms with E-state index in [4.69, 9.17) is 0 Å². The second-order valence-electron chi connectivity index (χ2n) is 7.58. The van der Waals surface area contributed by atoms with E-state index in [9.17, 15) is 0 Å². The van der Waals surface area contributed by atoms with Gasteiger partial charge >= 0.3 is 0 Å². The lowest BCUT2D eigenvalue weighted by molar-refractivity contribution is 0.267. The van der Waals surface area contributed by atoms with Crippen molar-refractivity contribution in [3.8, 4) is 0 Å². The average Bonchev–Trinajstić information content (AvgIpc) is 3.09. The van der Waals surface area contributed by atoms with Gasteiger partial charge in [0.25, 0.3) is 0 Å². The third-order valence-electron chi connectivity index (χ3n) is 5.58. The van der Waals surface area contributed by atoms with Crippen LogP contribution in [0.1, 0.15) is 64.0 Å². The summed E-state index contributed by atoms with van der Waals surface area (Å²) in [6.45, 7) is 6.00. The molecule has 0 saturated heterocycles. The van der Waals surface area contributed by atoms with Crippen molar-refractivity contribution >= 4 is 0 Å². The van der Waals surface area contributed by atoms with E-state index in [0.29, 0.717) is 11.5 Å². The Balaban J connectivity index is 1.66. The van der Waals surface area contributed by atoms with E-state index in [-0.39, 0.29) is 0 Å². The zero-order chi connectivity index (χ0) is 14.0. The van der Waals surface area contributed by atoms with Gasteiger partial charge in [-0.15, -0.1) is 0 Å². The molecule has 1 N–H and O–H groups in total. The summed E-state index contributed by atoms with van der Waals surface area (Å²) in [5.41, 5.74) is 2.08. The summed E-state index contributed by atoms with van der Waals surface area (Å²) in [4.78, 5) is 0. The molecule has 1 heteroatoms. The number of nitrogens with one attached hydrogen (secondary N) is 1. The lowest BCUT2D eigenvalue weighted by Gasteiger charge is -2.32. The Bertz CT molecular complexity index is 417. The molecule has 2 unspecified atom stereocenters. The van der Waals surface area contributed by atoms with Crippen LogP contribution in [-0.2, 0) is 0 Å². The van der Waals surface area contributed by atoms with Crippen LogP contribution in [0.25, 0.3) is 0 Å². The molecule has 1 aromatic rings. The van der Waals surface area contributed by atoms with Crippen molar-refractivity contribution in [3.63, 3.8) is 0 Å². The van der Waals surface area contributed by atoms with E-state index in [1.54, 1.807) is 0 Å². The molecule has 0 bridgehead atoms. The lowest BCUT2D eigenvalue weighted by Crippen LogP contribution is -2.31. The van der Waals surface area contributed by atoms with Crippen molar-refractivity contribution in [2.45, 2.75) is 58.4 Å². The summed E-state index contributed by atoms with van der Waals surface area (Å²) in [6.07, 6.45) is 8.48. The van der Waals surface area contributed by atoms with Crippen LogP contribution in [0.15, 0.2) is 30.3 Å². The van der Waals surface area contributed by atoms with Crippen LogP contribution in [0, 0.1) is 17.3 Å². The molecule has 0 aromatic heterocycles. The van der Waals surface area contributed by atoms with Gasteiger partial charge in [-0.1, -0.05) is 63.4 Å². The second-order valence-corrected chi connectivity index (χ2v) is 7.58. The molecular formula is C19H29N. The number of hydrogen-bond donors (Lipinski definition) is 1. The molecule has 2 atom stereocenters. The first-order chi connectivity index (χ1) is 9.67. The van der Waals surface area contributed by atoms with Crippen molar-refractivity contribution in [1.82, 2.24) is 5.32 Å². The summed E-state index contributed by atoms with van der Waals surface area (Å²) < 4.78 is 0. The van der Waals surface area contributed by atoms with Crippen molar-refractivity contribution in [1.29, 1.82) is 0 Å². The summed E-state index contributed by atoms with van der Waals surface area (Å²) in [5.74, 6) is 1.73. The molecule has 0 aliphatic heterocycles. The highest BCUT2D eigenvalue weighted by Crippen LogP contribution is 2.51. The quantitative estimate of drug-likeness (QED) is 0.799. The monoisotopic (exact) mass is 271 g/mol. The third kappa shape index (κ3) is 3.25. The van der Waals surface area contributed by atoms with Crippen LogP contribution >= 0.6 is 0 Å². The Morgan fingerprint density at radius 1 is 1.10 bits per heavy atom. The van der Waals surface area contributed by atoms with Crippen molar-refractivity contribution in [3.05, 3.63) is 35.9 Å². The number of rotatable bonds is 5. The predicted octanol–water partition coefficient (Wildman–Crippen LogP) is 4.94. The molecule has 1 aromatic carbocycles. The summed E-state index contributed by atoms with van der Waals surface area (Å²) in [5, 5.41) is 3.92. The van der Waals surface area contributed by atoms with Gasteiger partial charge in [0.2, 0.25) is 0 Å². The highest BCUT2D eigenvalue weighted by atomic mass is 14.9. The average molecular weight is 271 g/mol. The predicted molar refractivity (Wildman–Crippen MR) is 85.6 cm³/mol. The Hall–Kier alpha value is -0.820. The van der Waals surface area contributed by atoms with Gasteiger partial charge in [-0.3, -0.25) is 0 Å². The van der Waals surface area contributed by atoms with Crippen molar-refractivity contribution in [2.75, 3.05) is 6.54 Å². The van der Waals surface area contributed by atoms with Crippen LogP contribution in [0.2, 0.25) is 0 Å². The van der Waals surface area contributed by atoms with Gasteiger partial charge < -0.3 is 5.32 Å². The minimum atomic E-state index is 0.577. The van der Waals surface area contributed by atoms with Gasteiger partial charge in [0, 0.05) is 6.04 Å². The van der Waals surface area contributed by atoms with Gasteiger partial charge in [0.15, 0.2) is 0 Å². The first kappa shape index (κ1) is 14.1. The number of hydrogen-bond acceptors (Lipinski definition) is 1.